The van der Waals surface area contributed by atoms with Gasteiger partial charge in [0.25, 0.3) is 0 Å². The van der Waals surface area contributed by atoms with Crippen LogP contribution in [0.15, 0.2) is 42.5 Å². The molecule has 0 aromatic heterocycles. The molecule has 24 heavy (non-hydrogen) atoms. The van der Waals surface area contributed by atoms with E-state index in [0.717, 1.165) is 31.2 Å². The van der Waals surface area contributed by atoms with E-state index in [1.165, 1.54) is 22.3 Å². The molecule has 1 N–H and O–H groups in total. The molecule has 0 spiro atoms. The number of hydrogen-bond acceptors (Lipinski definition) is 2. The molecule has 1 aliphatic carbocycles. The molecular weight excluding hydrogens is 316 g/mol. The van der Waals surface area contributed by atoms with Crippen LogP contribution in [0.2, 0.25) is 0 Å². The molecule has 124 valence electrons. The highest BCUT2D eigenvalue weighted by Crippen LogP contribution is 2.46. The van der Waals surface area contributed by atoms with Crippen LogP contribution < -0.4 is 0 Å². The van der Waals surface area contributed by atoms with Gasteiger partial charge in [-0.15, -0.1) is 0 Å². The average molecular weight is 338 g/mol. The van der Waals surface area contributed by atoms with E-state index in [1.807, 2.05) is 0 Å². The molecule has 3 heteroatoms. The fourth-order valence-electron chi connectivity index (χ4n) is 4.95. The van der Waals surface area contributed by atoms with E-state index in [2.05, 4.69) is 42.5 Å². The molecule has 2 atom stereocenters. The summed E-state index contributed by atoms with van der Waals surface area (Å²) in [6, 6.07) is 15.0. The Labute approximate surface area is 145 Å². The summed E-state index contributed by atoms with van der Waals surface area (Å²) in [5, 5.41) is 11.7. The Hall–Kier alpha value is -1.45. The van der Waals surface area contributed by atoms with Crippen molar-refractivity contribution in [1.29, 1.82) is 0 Å². The maximum absolute atomic E-state index is 12.5. The Morgan fingerprint density at radius 1 is 0.958 bits per heavy atom. The highest BCUT2D eigenvalue weighted by molar-refractivity contribution is 7.86. The van der Waals surface area contributed by atoms with Crippen LogP contribution in [0.4, 0.5) is 0 Å². The molecule has 0 amide bonds. The van der Waals surface area contributed by atoms with Gasteiger partial charge in [0.15, 0.2) is 0 Å². The minimum atomic E-state index is -0.798. The zero-order valence-electron chi connectivity index (χ0n) is 13.7. The summed E-state index contributed by atoms with van der Waals surface area (Å²) < 4.78 is 12.5. The van der Waals surface area contributed by atoms with Crippen molar-refractivity contribution in [2.75, 3.05) is 0 Å². The van der Waals surface area contributed by atoms with E-state index < -0.39 is 16.4 Å². The van der Waals surface area contributed by atoms with Gasteiger partial charge < -0.3 is 5.11 Å². The third-order valence-corrected chi connectivity index (χ3v) is 8.29. The molecule has 2 unspecified atom stereocenters. The first-order valence-electron chi connectivity index (χ1n) is 8.97. The van der Waals surface area contributed by atoms with Crippen LogP contribution in [-0.2, 0) is 22.8 Å². The monoisotopic (exact) mass is 338 g/mol. The van der Waals surface area contributed by atoms with E-state index in [9.17, 15) is 9.32 Å². The molecule has 3 aliphatic rings. The maximum Gasteiger partial charge on any atom is 0.0919 e. The third kappa shape index (κ3) is 2.14. The molecule has 2 aliphatic heterocycles. The maximum atomic E-state index is 12.5. The summed E-state index contributed by atoms with van der Waals surface area (Å²) >= 11 is 0. The normalized spacial score (nSPS) is 33.8. The summed E-state index contributed by atoms with van der Waals surface area (Å²) in [6.07, 6.45) is 5.43. The number of fused-ring (bicyclic) bond motifs is 5. The lowest BCUT2D eigenvalue weighted by Crippen LogP contribution is -2.47. The van der Waals surface area contributed by atoms with Gasteiger partial charge in [0.2, 0.25) is 0 Å². The summed E-state index contributed by atoms with van der Waals surface area (Å²) in [5.41, 5.74) is 5.55. The predicted molar refractivity (Wildman–Crippen MR) is 97.4 cm³/mol. The van der Waals surface area contributed by atoms with E-state index in [-0.39, 0.29) is 10.5 Å². The average Bonchev–Trinajstić information content (AvgIpc) is 2.94. The van der Waals surface area contributed by atoms with Crippen LogP contribution in [0, 0.1) is 0 Å². The number of aliphatic hydroxyl groups is 1. The first-order chi connectivity index (χ1) is 11.6. The summed E-state index contributed by atoms with van der Waals surface area (Å²) in [5.74, 6) is 0. The van der Waals surface area contributed by atoms with Crippen LogP contribution in [0.5, 0.6) is 0 Å². The van der Waals surface area contributed by atoms with Crippen molar-refractivity contribution in [2.24, 2.45) is 0 Å². The molecule has 2 saturated heterocycles. The van der Waals surface area contributed by atoms with E-state index in [0.29, 0.717) is 12.8 Å². The van der Waals surface area contributed by atoms with Gasteiger partial charge in [-0.2, -0.15) is 0 Å². The second kappa shape index (κ2) is 5.27. The van der Waals surface area contributed by atoms with E-state index >= 15 is 0 Å². The van der Waals surface area contributed by atoms with Crippen LogP contribution in [0.1, 0.15) is 48.8 Å². The molecule has 2 bridgehead atoms. The lowest BCUT2D eigenvalue weighted by molar-refractivity contribution is 0.00650. The molecule has 2 heterocycles. The lowest BCUT2D eigenvalue weighted by atomic mass is 9.79. The molecule has 2 aromatic carbocycles. The molecule has 0 radical (unpaired) electrons. The van der Waals surface area contributed by atoms with E-state index in [1.54, 1.807) is 0 Å². The Morgan fingerprint density at radius 2 is 1.67 bits per heavy atom. The van der Waals surface area contributed by atoms with Gasteiger partial charge in [-0.05, 0) is 59.9 Å². The molecule has 2 nitrogen and oxygen atoms in total. The zero-order chi connectivity index (χ0) is 16.3. The Kier molecular flexibility index (Phi) is 3.26. The Balaban J connectivity index is 1.52. The van der Waals surface area contributed by atoms with Gasteiger partial charge in [-0.3, -0.25) is 4.21 Å². The molecule has 2 fully saturated rings. The predicted octanol–water partition coefficient (Wildman–Crippen LogP) is 3.91. The minimum absolute atomic E-state index is 0.174. The van der Waals surface area contributed by atoms with Crippen molar-refractivity contribution >= 4 is 10.8 Å². The molecular formula is C21H22O2S. The first-order valence-corrected chi connectivity index (χ1v) is 10.3. The Morgan fingerprint density at radius 3 is 2.46 bits per heavy atom. The fraction of sp³-hybridized carbons (Fsp3) is 0.429. The van der Waals surface area contributed by atoms with Gasteiger partial charge in [-0.25, -0.2) is 0 Å². The van der Waals surface area contributed by atoms with Crippen molar-refractivity contribution < 1.29 is 9.32 Å². The van der Waals surface area contributed by atoms with Crippen molar-refractivity contribution in [2.45, 2.75) is 54.6 Å². The first kappa shape index (κ1) is 14.9. The highest BCUT2D eigenvalue weighted by atomic mass is 32.2. The molecule has 0 saturated carbocycles. The second-order valence-corrected chi connectivity index (χ2v) is 9.64. The second-order valence-electron chi connectivity index (χ2n) is 7.65. The molecule has 2 aromatic rings. The fourth-order valence-corrected chi connectivity index (χ4v) is 7.18. The van der Waals surface area contributed by atoms with Gasteiger partial charge >= 0.3 is 0 Å². The van der Waals surface area contributed by atoms with Crippen molar-refractivity contribution in [3.63, 3.8) is 0 Å². The van der Waals surface area contributed by atoms with Gasteiger partial charge in [0.05, 0.1) is 5.60 Å². The quantitative estimate of drug-likeness (QED) is 0.730. The number of hydrogen-bond donors (Lipinski definition) is 1. The van der Waals surface area contributed by atoms with Gasteiger partial charge in [0, 0.05) is 21.3 Å². The smallest absolute Gasteiger partial charge is 0.0919 e. The Bertz CT molecular complexity index is 825. The van der Waals surface area contributed by atoms with Gasteiger partial charge in [0.1, 0.15) is 0 Å². The highest BCUT2D eigenvalue weighted by Gasteiger charge is 2.46. The van der Waals surface area contributed by atoms with Crippen molar-refractivity contribution in [1.82, 2.24) is 0 Å². The standard InChI is InChI=1S/C21H22O2S/c22-21(12-17-5-3-6-18(13-21)24(17)23)16-8-9-20-15(11-16)10-14-4-1-2-7-19(14)20/h1-2,4,7-9,11,17-18,22H,3,5-6,10,12-13H2. The van der Waals surface area contributed by atoms with Gasteiger partial charge in [-0.1, -0.05) is 48.9 Å². The van der Waals surface area contributed by atoms with Crippen LogP contribution >= 0.6 is 0 Å². The zero-order valence-corrected chi connectivity index (χ0v) is 14.5. The topological polar surface area (TPSA) is 37.3 Å². The van der Waals surface area contributed by atoms with Crippen LogP contribution in [-0.4, -0.2) is 19.8 Å². The van der Waals surface area contributed by atoms with Crippen LogP contribution in [0.25, 0.3) is 11.1 Å². The number of benzene rings is 2. The third-order valence-electron chi connectivity index (χ3n) is 6.17. The largest absolute Gasteiger partial charge is 0.385 e. The minimum Gasteiger partial charge on any atom is -0.385 e. The summed E-state index contributed by atoms with van der Waals surface area (Å²) in [7, 11) is -0.748. The van der Waals surface area contributed by atoms with Crippen molar-refractivity contribution in [3.8, 4) is 11.1 Å². The molecule has 5 rings (SSSR count). The lowest BCUT2D eigenvalue weighted by Gasteiger charge is -2.44. The van der Waals surface area contributed by atoms with Crippen molar-refractivity contribution in [3.05, 3.63) is 59.2 Å². The summed E-state index contributed by atoms with van der Waals surface area (Å²) in [6.45, 7) is 0. The summed E-state index contributed by atoms with van der Waals surface area (Å²) in [4.78, 5) is 0. The van der Waals surface area contributed by atoms with Crippen LogP contribution in [0.3, 0.4) is 0 Å². The number of rotatable bonds is 1. The van der Waals surface area contributed by atoms with E-state index in [4.69, 9.17) is 0 Å². The SMILES string of the molecule is O=S1C2CCCC1CC(O)(c1ccc3c(c1)Cc1ccccc1-3)C2.